The molecule has 0 aromatic heterocycles. The molecule has 4 nitrogen and oxygen atoms in total. The Bertz CT molecular complexity index is 249. The van der Waals surface area contributed by atoms with Gasteiger partial charge in [0, 0.05) is 18.7 Å². The highest BCUT2D eigenvalue weighted by Gasteiger charge is 2.06. The van der Waals surface area contributed by atoms with E-state index in [2.05, 4.69) is 19.2 Å². The first kappa shape index (κ1) is 14.7. The molecule has 0 aliphatic carbocycles. The number of carbonyl (C=O) groups excluding carboxylic acids is 1. The topological polar surface area (TPSA) is 66.4 Å². The molecule has 4 heteroatoms. The molecule has 0 bridgehead atoms. The van der Waals surface area contributed by atoms with Crippen molar-refractivity contribution < 1.29 is 14.7 Å². The van der Waals surface area contributed by atoms with Gasteiger partial charge in [-0.1, -0.05) is 33.1 Å². The summed E-state index contributed by atoms with van der Waals surface area (Å²) in [6.45, 7) is 4.86. The fraction of sp³-hybridized carbons (Fsp3) is 0.667. The number of carboxylic acids is 1. The Balaban J connectivity index is 3.83. The molecule has 1 amide bonds. The fourth-order valence-electron chi connectivity index (χ4n) is 1.39. The zero-order valence-corrected chi connectivity index (χ0v) is 10.0. The van der Waals surface area contributed by atoms with E-state index in [-0.39, 0.29) is 5.91 Å². The van der Waals surface area contributed by atoms with Crippen LogP contribution in [0.25, 0.3) is 0 Å². The summed E-state index contributed by atoms with van der Waals surface area (Å²) in [5.74, 6) is -0.951. The van der Waals surface area contributed by atoms with Gasteiger partial charge in [0.1, 0.15) is 0 Å². The summed E-state index contributed by atoms with van der Waals surface area (Å²) in [5, 5.41) is 11.0. The number of nitrogens with one attached hydrogen (secondary N) is 1. The lowest BCUT2D eigenvalue weighted by Crippen LogP contribution is -2.27. The van der Waals surface area contributed by atoms with Crippen LogP contribution >= 0.6 is 0 Å². The number of carbonyl (C=O) groups is 2. The standard InChI is InChI=1S/C12H21NO3/c1-3-5-6-10(4-2)9-13-11(14)7-8-12(15)16/h7-8,10H,3-6,9H2,1-2H3,(H,13,14)(H,15,16)/b8-7+/t10-/m1/s1. The Morgan fingerprint density at radius 2 is 2.00 bits per heavy atom. The molecule has 1 atom stereocenters. The Kier molecular flexibility index (Phi) is 8.21. The van der Waals surface area contributed by atoms with Crippen LogP contribution in [-0.4, -0.2) is 23.5 Å². The third-order valence-electron chi connectivity index (χ3n) is 2.49. The summed E-state index contributed by atoms with van der Waals surface area (Å²) in [6, 6.07) is 0. The smallest absolute Gasteiger partial charge is 0.328 e. The van der Waals surface area contributed by atoms with E-state index < -0.39 is 5.97 Å². The van der Waals surface area contributed by atoms with Crippen LogP contribution in [0.5, 0.6) is 0 Å². The van der Waals surface area contributed by atoms with Gasteiger partial charge < -0.3 is 10.4 Å². The number of hydrogen-bond acceptors (Lipinski definition) is 2. The second-order valence-corrected chi connectivity index (χ2v) is 3.83. The normalized spacial score (nSPS) is 12.6. The predicted molar refractivity (Wildman–Crippen MR) is 63.1 cm³/mol. The van der Waals surface area contributed by atoms with Crippen molar-refractivity contribution in [3.63, 3.8) is 0 Å². The molecule has 16 heavy (non-hydrogen) atoms. The zero-order chi connectivity index (χ0) is 12.4. The van der Waals surface area contributed by atoms with Crippen LogP contribution in [0, 0.1) is 5.92 Å². The van der Waals surface area contributed by atoms with Gasteiger partial charge in [-0.05, 0) is 12.3 Å². The minimum absolute atomic E-state index is 0.336. The van der Waals surface area contributed by atoms with E-state index >= 15 is 0 Å². The molecule has 0 aromatic carbocycles. The Morgan fingerprint density at radius 3 is 2.50 bits per heavy atom. The molecule has 0 fully saturated rings. The maximum absolute atomic E-state index is 11.2. The SMILES string of the molecule is CCCC[C@@H](CC)CNC(=O)/C=C/C(=O)O. The number of rotatable bonds is 8. The summed E-state index contributed by atoms with van der Waals surface area (Å²) in [6.07, 6.45) is 6.36. The monoisotopic (exact) mass is 227 g/mol. The largest absolute Gasteiger partial charge is 0.478 e. The van der Waals surface area contributed by atoms with Crippen molar-refractivity contribution >= 4 is 11.9 Å². The van der Waals surface area contributed by atoms with Crippen molar-refractivity contribution in [3.05, 3.63) is 12.2 Å². The van der Waals surface area contributed by atoms with E-state index in [9.17, 15) is 9.59 Å². The van der Waals surface area contributed by atoms with E-state index in [4.69, 9.17) is 5.11 Å². The summed E-state index contributed by atoms with van der Waals surface area (Å²) in [4.78, 5) is 21.4. The number of unbranched alkanes of at least 4 members (excludes halogenated alkanes) is 1. The molecular weight excluding hydrogens is 206 g/mol. The summed E-state index contributed by atoms with van der Waals surface area (Å²) in [7, 11) is 0. The molecule has 0 aromatic rings. The molecular formula is C12H21NO3. The number of hydrogen-bond donors (Lipinski definition) is 2. The summed E-state index contributed by atoms with van der Waals surface area (Å²) >= 11 is 0. The Morgan fingerprint density at radius 1 is 1.31 bits per heavy atom. The fourth-order valence-corrected chi connectivity index (χ4v) is 1.39. The highest BCUT2D eigenvalue weighted by atomic mass is 16.4. The maximum Gasteiger partial charge on any atom is 0.328 e. The Hall–Kier alpha value is -1.32. The van der Waals surface area contributed by atoms with Crippen LogP contribution in [0.2, 0.25) is 0 Å². The van der Waals surface area contributed by atoms with Gasteiger partial charge in [0.2, 0.25) is 5.91 Å². The number of aliphatic carboxylic acids is 1. The highest BCUT2D eigenvalue weighted by Crippen LogP contribution is 2.10. The van der Waals surface area contributed by atoms with E-state index in [1.807, 2.05) is 0 Å². The molecule has 0 radical (unpaired) electrons. The van der Waals surface area contributed by atoms with Crippen molar-refractivity contribution in [1.29, 1.82) is 0 Å². The molecule has 0 saturated heterocycles. The van der Waals surface area contributed by atoms with Crippen LogP contribution in [0.1, 0.15) is 39.5 Å². The van der Waals surface area contributed by atoms with Crippen molar-refractivity contribution in [1.82, 2.24) is 5.32 Å². The summed E-state index contributed by atoms with van der Waals surface area (Å²) in [5.41, 5.74) is 0. The molecule has 0 unspecified atom stereocenters. The summed E-state index contributed by atoms with van der Waals surface area (Å²) < 4.78 is 0. The average Bonchev–Trinajstić information content (AvgIpc) is 2.26. The minimum Gasteiger partial charge on any atom is -0.478 e. The van der Waals surface area contributed by atoms with Crippen LogP contribution in [0.15, 0.2) is 12.2 Å². The Labute approximate surface area is 96.7 Å². The highest BCUT2D eigenvalue weighted by molar-refractivity contribution is 5.93. The van der Waals surface area contributed by atoms with E-state index in [0.29, 0.717) is 12.5 Å². The molecule has 0 aliphatic rings. The maximum atomic E-state index is 11.2. The lowest BCUT2D eigenvalue weighted by molar-refractivity contribution is -0.131. The van der Waals surface area contributed by atoms with Gasteiger partial charge in [0.25, 0.3) is 0 Å². The van der Waals surface area contributed by atoms with Crippen LogP contribution in [0.4, 0.5) is 0 Å². The lowest BCUT2D eigenvalue weighted by atomic mass is 9.99. The van der Waals surface area contributed by atoms with Crippen molar-refractivity contribution in [2.45, 2.75) is 39.5 Å². The van der Waals surface area contributed by atoms with Gasteiger partial charge in [0.05, 0.1) is 0 Å². The van der Waals surface area contributed by atoms with Gasteiger partial charge in [-0.25, -0.2) is 4.79 Å². The first-order valence-corrected chi connectivity index (χ1v) is 5.79. The van der Waals surface area contributed by atoms with Gasteiger partial charge in [-0.2, -0.15) is 0 Å². The van der Waals surface area contributed by atoms with Crippen LogP contribution in [-0.2, 0) is 9.59 Å². The third kappa shape index (κ3) is 8.03. The quantitative estimate of drug-likeness (QED) is 0.623. The molecule has 2 N–H and O–H groups in total. The van der Waals surface area contributed by atoms with E-state index in [0.717, 1.165) is 31.4 Å². The van der Waals surface area contributed by atoms with Gasteiger partial charge in [0.15, 0.2) is 0 Å². The molecule has 0 rings (SSSR count). The predicted octanol–water partition coefficient (Wildman–Crippen LogP) is 1.96. The van der Waals surface area contributed by atoms with Crippen LogP contribution < -0.4 is 5.32 Å². The minimum atomic E-state index is -1.10. The molecule has 0 spiro atoms. The zero-order valence-electron chi connectivity index (χ0n) is 10.0. The molecule has 92 valence electrons. The van der Waals surface area contributed by atoms with Crippen molar-refractivity contribution in [2.75, 3.05) is 6.54 Å². The van der Waals surface area contributed by atoms with Gasteiger partial charge in [-0.15, -0.1) is 0 Å². The third-order valence-corrected chi connectivity index (χ3v) is 2.49. The second kappa shape index (κ2) is 8.95. The first-order chi connectivity index (χ1) is 7.60. The average molecular weight is 227 g/mol. The molecule has 0 aliphatic heterocycles. The first-order valence-electron chi connectivity index (χ1n) is 5.79. The number of carboxylic acid groups (broad SMARTS) is 1. The van der Waals surface area contributed by atoms with Crippen LogP contribution in [0.3, 0.4) is 0 Å². The van der Waals surface area contributed by atoms with E-state index in [1.165, 1.54) is 6.42 Å². The van der Waals surface area contributed by atoms with Gasteiger partial charge in [-0.3, -0.25) is 4.79 Å². The van der Waals surface area contributed by atoms with Crippen molar-refractivity contribution in [3.8, 4) is 0 Å². The second-order valence-electron chi connectivity index (χ2n) is 3.83. The molecule has 0 heterocycles. The van der Waals surface area contributed by atoms with Gasteiger partial charge >= 0.3 is 5.97 Å². The van der Waals surface area contributed by atoms with E-state index in [1.54, 1.807) is 0 Å². The van der Waals surface area contributed by atoms with Crippen molar-refractivity contribution in [2.24, 2.45) is 5.92 Å². The molecule has 0 saturated carbocycles. The number of amides is 1. The lowest BCUT2D eigenvalue weighted by Gasteiger charge is -2.14.